The van der Waals surface area contributed by atoms with Gasteiger partial charge in [-0.1, -0.05) is 0 Å². The normalized spacial score (nSPS) is 14.9. The molecule has 0 aromatic carbocycles. The second-order valence-corrected chi connectivity index (χ2v) is 9.62. The van der Waals surface area contributed by atoms with Gasteiger partial charge in [-0.15, -0.1) is 11.3 Å². The Hall–Kier alpha value is -3.10. The van der Waals surface area contributed by atoms with E-state index in [1.807, 2.05) is 0 Å². The SMILES string of the molecule is COC(=O)c1csc(S(=O)(=O)N2CCN(C(=O)Cn3cc([N+](=O)[O-])ccc3=O)CC2)c1. The minimum atomic E-state index is -3.84. The average molecular weight is 470 g/mol. The first-order chi connectivity index (χ1) is 14.6. The molecule has 166 valence electrons. The lowest BCUT2D eigenvalue weighted by Gasteiger charge is -2.33. The lowest BCUT2D eigenvalue weighted by molar-refractivity contribution is -0.385. The fourth-order valence-corrected chi connectivity index (χ4v) is 5.70. The Morgan fingerprint density at radius 2 is 1.90 bits per heavy atom. The van der Waals surface area contributed by atoms with E-state index in [1.165, 1.54) is 27.8 Å². The van der Waals surface area contributed by atoms with Gasteiger partial charge >= 0.3 is 5.97 Å². The highest BCUT2D eigenvalue weighted by Gasteiger charge is 2.31. The minimum Gasteiger partial charge on any atom is -0.465 e. The number of pyridine rings is 1. The van der Waals surface area contributed by atoms with E-state index in [-0.39, 0.29) is 48.2 Å². The number of ether oxygens (including phenoxy) is 1. The zero-order valence-electron chi connectivity index (χ0n) is 16.3. The quantitative estimate of drug-likeness (QED) is 0.329. The summed E-state index contributed by atoms with van der Waals surface area (Å²) in [6, 6.07) is 3.32. The van der Waals surface area contributed by atoms with Gasteiger partial charge < -0.3 is 9.64 Å². The van der Waals surface area contributed by atoms with Gasteiger partial charge in [0.2, 0.25) is 5.91 Å². The van der Waals surface area contributed by atoms with Crippen molar-refractivity contribution in [2.75, 3.05) is 33.3 Å². The maximum Gasteiger partial charge on any atom is 0.338 e. The van der Waals surface area contributed by atoms with Crippen molar-refractivity contribution in [2.45, 2.75) is 10.8 Å². The number of aromatic nitrogens is 1. The predicted octanol–water partition coefficient (Wildman–Crippen LogP) is 0.138. The molecule has 0 unspecified atom stereocenters. The van der Waals surface area contributed by atoms with E-state index in [9.17, 15) is 32.9 Å². The first kappa shape index (κ1) is 22.6. The molecule has 1 aliphatic rings. The summed E-state index contributed by atoms with van der Waals surface area (Å²) in [4.78, 5) is 47.5. The molecular formula is C17H18N4O8S2. The molecule has 0 saturated carbocycles. The van der Waals surface area contributed by atoms with Crippen LogP contribution in [0.1, 0.15) is 10.4 Å². The zero-order valence-corrected chi connectivity index (χ0v) is 17.9. The van der Waals surface area contributed by atoms with Crippen LogP contribution in [-0.2, 0) is 26.1 Å². The third-order valence-electron chi connectivity index (χ3n) is 4.67. The molecule has 2 aromatic rings. The lowest BCUT2D eigenvalue weighted by atomic mass is 10.3. The number of carbonyl (C=O) groups is 2. The van der Waals surface area contributed by atoms with Crippen LogP contribution in [0.3, 0.4) is 0 Å². The number of nitro groups is 1. The third-order valence-corrected chi connectivity index (χ3v) is 7.98. The molecule has 3 heterocycles. The minimum absolute atomic E-state index is 0.00387. The van der Waals surface area contributed by atoms with Crippen molar-refractivity contribution in [3.63, 3.8) is 0 Å². The largest absolute Gasteiger partial charge is 0.465 e. The number of piperazine rings is 1. The predicted molar refractivity (Wildman–Crippen MR) is 108 cm³/mol. The molecule has 0 spiro atoms. The van der Waals surface area contributed by atoms with Gasteiger partial charge in [-0.2, -0.15) is 4.31 Å². The van der Waals surface area contributed by atoms with Crippen molar-refractivity contribution in [3.05, 3.63) is 55.8 Å². The van der Waals surface area contributed by atoms with Gasteiger partial charge in [-0.25, -0.2) is 13.2 Å². The number of thiophene rings is 1. The van der Waals surface area contributed by atoms with Crippen molar-refractivity contribution in [1.82, 2.24) is 13.8 Å². The molecule has 1 amide bonds. The summed E-state index contributed by atoms with van der Waals surface area (Å²) in [5.41, 5.74) is -0.730. The molecule has 1 saturated heterocycles. The van der Waals surface area contributed by atoms with Crippen LogP contribution >= 0.6 is 11.3 Å². The van der Waals surface area contributed by atoms with Gasteiger partial charge in [0.1, 0.15) is 10.8 Å². The number of amides is 1. The Bertz CT molecular complexity index is 1180. The number of hydrogen-bond donors (Lipinski definition) is 0. The smallest absolute Gasteiger partial charge is 0.338 e. The van der Waals surface area contributed by atoms with Crippen LogP contribution in [0, 0.1) is 10.1 Å². The van der Waals surface area contributed by atoms with Crippen molar-refractivity contribution in [1.29, 1.82) is 0 Å². The molecule has 12 nitrogen and oxygen atoms in total. The number of methoxy groups -OCH3 is 1. The Kier molecular flexibility index (Phi) is 6.52. The second kappa shape index (κ2) is 8.95. The molecule has 0 radical (unpaired) electrons. The summed E-state index contributed by atoms with van der Waals surface area (Å²) < 4.78 is 32.3. The highest BCUT2D eigenvalue weighted by Crippen LogP contribution is 2.25. The first-order valence-corrected chi connectivity index (χ1v) is 11.2. The van der Waals surface area contributed by atoms with E-state index < -0.39 is 32.4 Å². The second-order valence-electron chi connectivity index (χ2n) is 6.54. The molecule has 3 rings (SSSR count). The van der Waals surface area contributed by atoms with E-state index in [2.05, 4.69) is 4.74 Å². The summed E-state index contributed by atoms with van der Waals surface area (Å²) in [6.07, 6.45) is 0.997. The van der Waals surface area contributed by atoms with Crippen molar-refractivity contribution >= 4 is 38.9 Å². The third kappa shape index (κ3) is 4.81. The summed E-state index contributed by atoms with van der Waals surface area (Å²) in [5.74, 6) is -1.09. The molecule has 0 bridgehead atoms. The number of sulfonamides is 1. The van der Waals surface area contributed by atoms with Gasteiger partial charge in [0, 0.05) is 43.7 Å². The first-order valence-electron chi connectivity index (χ1n) is 8.93. The monoisotopic (exact) mass is 470 g/mol. The van der Waals surface area contributed by atoms with Crippen LogP contribution in [0.15, 0.2) is 38.8 Å². The van der Waals surface area contributed by atoms with Gasteiger partial charge in [0.05, 0.1) is 23.8 Å². The molecule has 1 fully saturated rings. The van der Waals surface area contributed by atoms with Crippen LogP contribution in [-0.4, -0.2) is 72.3 Å². The Labute approximate surface area is 180 Å². The van der Waals surface area contributed by atoms with E-state index in [1.54, 1.807) is 0 Å². The van der Waals surface area contributed by atoms with E-state index >= 15 is 0 Å². The number of nitrogens with zero attached hydrogens (tertiary/aromatic N) is 4. The van der Waals surface area contributed by atoms with E-state index in [0.717, 1.165) is 34.2 Å². The van der Waals surface area contributed by atoms with Gasteiger partial charge in [0.15, 0.2) is 0 Å². The summed E-state index contributed by atoms with van der Waals surface area (Å²) in [6.45, 7) is -0.138. The molecule has 14 heteroatoms. The van der Waals surface area contributed by atoms with Crippen LogP contribution in [0.2, 0.25) is 0 Å². The fraction of sp³-hybridized carbons (Fsp3) is 0.353. The van der Waals surface area contributed by atoms with Crippen molar-refractivity contribution in [3.8, 4) is 0 Å². The molecule has 2 aromatic heterocycles. The van der Waals surface area contributed by atoms with E-state index in [4.69, 9.17) is 0 Å². The average Bonchev–Trinajstić information content (AvgIpc) is 3.26. The molecule has 0 atom stereocenters. The maximum atomic E-state index is 12.8. The highest BCUT2D eigenvalue weighted by atomic mass is 32.2. The Morgan fingerprint density at radius 1 is 1.23 bits per heavy atom. The summed E-state index contributed by atoms with van der Waals surface area (Å²) in [5, 5.41) is 12.3. The van der Waals surface area contributed by atoms with Gasteiger partial charge in [0.25, 0.3) is 21.3 Å². The molecule has 31 heavy (non-hydrogen) atoms. The van der Waals surface area contributed by atoms with E-state index in [0.29, 0.717) is 0 Å². The number of carbonyl (C=O) groups excluding carboxylic acids is 2. The van der Waals surface area contributed by atoms with Crippen LogP contribution in [0.4, 0.5) is 5.69 Å². The standard InChI is InChI=1S/C17H18N4O8S2/c1-29-17(24)12-8-16(30-11-12)31(27,28)20-6-4-18(5-7-20)15(23)10-19-9-13(21(25)26)2-3-14(19)22/h2-3,8-9,11H,4-7,10H2,1H3. The Balaban J connectivity index is 1.65. The number of esters is 1. The molecular weight excluding hydrogens is 452 g/mol. The van der Waals surface area contributed by atoms with Crippen LogP contribution < -0.4 is 5.56 Å². The lowest BCUT2D eigenvalue weighted by Crippen LogP contribution is -2.51. The highest BCUT2D eigenvalue weighted by molar-refractivity contribution is 7.91. The zero-order chi connectivity index (χ0) is 22.8. The van der Waals surface area contributed by atoms with Crippen LogP contribution in [0.5, 0.6) is 0 Å². The Morgan fingerprint density at radius 3 is 2.52 bits per heavy atom. The number of hydrogen-bond acceptors (Lipinski definition) is 9. The molecule has 0 N–H and O–H groups in total. The molecule has 0 aliphatic carbocycles. The summed E-state index contributed by atoms with van der Waals surface area (Å²) in [7, 11) is -2.64. The maximum absolute atomic E-state index is 12.8. The van der Waals surface area contributed by atoms with Crippen molar-refractivity contribution < 1.29 is 27.7 Å². The molecule has 1 aliphatic heterocycles. The van der Waals surface area contributed by atoms with Gasteiger partial charge in [-0.05, 0) is 6.07 Å². The van der Waals surface area contributed by atoms with Crippen molar-refractivity contribution in [2.24, 2.45) is 0 Å². The topological polar surface area (TPSA) is 149 Å². The summed E-state index contributed by atoms with van der Waals surface area (Å²) >= 11 is 0.904. The van der Waals surface area contributed by atoms with Crippen LogP contribution in [0.25, 0.3) is 0 Å². The van der Waals surface area contributed by atoms with Gasteiger partial charge in [-0.3, -0.25) is 24.3 Å². The fourth-order valence-electron chi connectivity index (χ4n) is 2.98. The number of rotatable bonds is 6.